The lowest BCUT2D eigenvalue weighted by Crippen LogP contribution is -2.54. The summed E-state index contributed by atoms with van der Waals surface area (Å²) in [6.45, 7) is 4.38. The molecule has 1 spiro atoms. The normalized spacial score (nSPS) is 26.5. The van der Waals surface area contributed by atoms with Gasteiger partial charge in [0.15, 0.2) is 0 Å². The topological polar surface area (TPSA) is 68.3 Å². The van der Waals surface area contributed by atoms with Crippen LogP contribution in [0.15, 0.2) is 60.4 Å². The zero-order chi connectivity index (χ0) is 26.2. The summed E-state index contributed by atoms with van der Waals surface area (Å²) in [6, 6.07) is 16.1. The number of hydrogen-bond acceptors (Lipinski definition) is 6. The minimum atomic E-state index is -0.631. The zero-order valence-electron chi connectivity index (χ0n) is 22.5. The van der Waals surface area contributed by atoms with E-state index >= 15 is 0 Å². The molecule has 3 heterocycles. The number of hydrogen-bond donors (Lipinski definition) is 0. The maximum Gasteiger partial charge on any atom is 0.337 e. The molecule has 3 aliphatic rings. The van der Waals surface area contributed by atoms with E-state index in [1.165, 1.54) is 13.4 Å². The predicted octanol–water partition coefficient (Wildman–Crippen LogP) is 4.73. The molecule has 4 atom stereocenters. The first kappa shape index (κ1) is 28.0. The number of carbonyl (C=O) groups is 2. The first-order valence-corrected chi connectivity index (χ1v) is 13.1. The molecular weight excluding hydrogens is 504 g/mol. The van der Waals surface area contributed by atoms with Crippen LogP contribution in [0.4, 0.5) is 5.69 Å². The number of piperidine rings is 1. The number of anilines is 1. The van der Waals surface area contributed by atoms with Crippen molar-refractivity contribution in [2.45, 2.75) is 44.2 Å². The molecule has 2 saturated heterocycles. The number of amides is 1. The molecule has 204 valence electrons. The lowest BCUT2D eigenvalue weighted by molar-refractivity contribution is -0.137. The van der Waals surface area contributed by atoms with Gasteiger partial charge in [0.05, 0.1) is 45.1 Å². The molecule has 3 aliphatic heterocycles. The van der Waals surface area contributed by atoms with E-state index in [-0.39, 0.29) is 42.2 Å². The Labute approximate surface area is 231 Å². The average molecular weight is 541 g/mol. The van der Waals surface area contributed by atoms with Crippen molar-refractivity contribution in [2.24, 2.45) is 11.8 Å². The van der Waals surface area contributed by atoms with Gasteiger partial charge in [0, 0.05) is 18.3 Å². The second-order valence-electron chi connectivity index (χ2n) is 10.3. The summed E-state index contributed by atoms with van der Waals surface area (Å²) in [7, 11) is 4.62. The van der Waals surface area contributed by atoms with Crippen molar-refractivity contribution in [3.8, 4) is 5.75 Å². The third kappa shape index (κ3) is 4.46. The van der Waals surface area contributed by atoms with E-state index in [4.69, 9.17) is 14.2 Å². The minimum Gasteiger partial charge on any atom is -0.504 e. The molecule has 2 fully saturated rings. The summed E-state index contributed by atoms with van der Waals surface area (Å²) in [5.41, 5.74) is 3.07. The van der Waals surface area contributed by atoms with Crippen LogP contribution in [0.3, 0.4) is 0 Å². The molecule has 0 radical (unpaired) electrons. The Hall–Kier alpha value is -3.03. The summed E-state index contributed by atoms with van der Waals surface area (Å²) in [4.78, 5) is 31.7. The highest BCUT2D eigenvalue weighted by Gasteiger charge is 2.62. The number of carbonyl (C=O) groups excluding carboxylic acids is 2. The van der Waals surface area contributed by atoms with Crippen LogP contribution in [0.1, 0.15) is 37.3 Å². The van der Waals surface area contributed by atoms with Gasteiger partial charge >= 0.3 is 5.97 Å². The molecule has 2 aromatic rings. The van der Waals surface area contributed by atoms with E-state index in [0.29, 0.717) is 18.5 Å². The number of benzene rings is 2. The molecule has 0 bridgehead atoms. The van der Waals surface area contributed by atoms with Gasteiger partial charge in [0.25, 0.3) is 0 Å². The van der Waals surface area contributed by atoms with Crippen molar-refractivity contribution in [3.05, 3.63) is 71.5 Å². The number of methoxy groups -OCH3 is 3. The fraction of sp³-hybridized carbons (Fsp3) is 0.467. The predicted molar refractivity (Wildman–Crippen MR) is 149 cm³/mol. The Morgan fingerprint density at radius 3 is 2.50 bits per heavy atom. The minimum absolute atomic E-state index is 0. The molecule has 2 aromatic carbocycles. The molecule has 38 heavy (non-hydrogen) atoms. The number of nitrogens with zero attached hydrogens (tertiary/aromatic N) is 2. The van der Waals surface area contributed by atoms with Crippen molar-refractivity contribution >= 4 is 30.0 Å². The first-order valence-electron chi connectivity index (χ1n) is 13.1. The van der Waals surface area contributed by atoms with Crippen LogP contribution in [0.5, 0.6) is 5.75 Å². The standard InChI is InChI=1S/C30H36N2O5.ClH/c1-5-21-18-31-15-14-30(27(31)16-23(21)24(19-35-2)28(33)37-4)25-8-6-7-9-26(25)32(29(30)34)17-20-10-12-22(36-3)13-11-20;/h6-13,19,21,23,27H,5,14-18H2,1-4H3;1H/b24-19+;/t21-,23-,27-,30+;/m0./s1. The van der Waals surface area contributed by atoms with Gasteiger partial charge in [-0.05, 0) is 60.5 Å². The van der Waals surface area contributed by atoms with Gasteiger partial charge in [-0.1, -0.05) is 43.7 Å². The number of fused-ring (bicyclic) bond motifs is 4. The second kappa shape index (κ2) is 11.4. The molecule has 0 aromatic heterocycles. The van der Waals surface area contributed by atoms with Gasteiger partial charge < -0.3 is 19.1 Å². The maximum absolute atomic E-state index is 14.5. The van der Waals surface area contributed by atoms with Gasteiger partial charge in [-0.15, -0.1) is 12.4 Å². The second-order valence-corrected chi connectivity index (χ2v) is 10.3. The highest BCUT2D eigenvalue weighted by molar-refractivity contribution is 6.09. The molecule has 0 unspecified atom stereocenters. The van der Waals surface area contributed by atoms with Gasteiger partial charge in [-0.25, -0.2) is 4.79 Å². The Morgan fingerprint density at radius 1 is 1.11 bits per heavy atom. The summed E-state index contributed by atoms with van der Waals surface area (Å²) in [5, 5.41) is 0. The van der Waals surface area contributed by atoms with Crippen LogP contribution in [-0.2, 0) is 31.0 Å². The van der Waals surface area contributed by atoms with Crippen molar-refractivity contribution < 1.29 is 23.8 Å². The van der Waals surface area contributed by atoms with Crippen LogP contribution in [0.2, 0.25) is 0 Å². The van der Waals surface area contributed by atoms with Crippen molar-refractivity contribution in [2.75, 3.05) is 39.3 Å². The summed E-state index contributed by atoms with van der Waals surface area (Å²) in [5.74, 6) is 0.841. The van der Waals surface area contributed by atoms with Crippen LogP contribution in [0, 0.1) is 11.8 Å². The fourth-order valence-electron chi connectivity index (χ4n) is 6.90. The molecule has 1 amide bonds. The van der Waals surface area contributed by atoms with E-state index in [1.54, 1.807) is 14.2 Å². The molecule has 0 N–H and O–H groups in total. The van der Waals surface area contributed by atoms with E-state index in [0.717, 1.165) is 48.5 Å². The number of esters is 1. The summed E-state index contributed by atoms with van der Waals surface area (Å²) in [6.07, 6.45) is 3.96. The molecule has 8 heteroatoms. The Morgan fingerprint density at radius 2 is 1.84 bits per heavy atom. The third-order valence-electron chi connectivity index (χ3n) is 8.71. The van der Waals surface area contributed by atoms with Crippen molar-refractivity contribution in [1.29, 1.82) is 0 Å². The number of ether oxygens (including phenoxy) is 3. The summed E-state index contributed by atoms with van der Waals surface area (Å²) >= 11 is 0. The van der Waals surface area contributed by atoms with E-state index < -0.39 is 5.41 Å². The Balaban J connectivity index is 0.00000336. The molecular formula is C30H37ClN2O5. The molecule has 0 saturated carbocycles. The zero-order valence-corrected chi connectivity index (χ0v) is 23.3. The van der Waals surface area contributed by atoms with E-state index in [1.807, 2.05) is 41.3 Å². The van der Waals surface area contributed by atoms with Crippen LogP contribution < -0.4 is 9.64 Å². The largest absolute Gasteiger partial charge is 0.504 e. The Kier molecular flexibility index (Phi) is 8.38. The van der Waals surface area contributed by atoms with Crippen molar-refractivity contribution in [3.63, 3.8) is 0 Å². The van der Waals surface area contributed by atoms with Crippen LogP contribution in [-0.4, -0.2) is 57.2 Å². The quantitative estimate of drug-likeness (QED) is 0.287. The average Bonchev–Trinajstić information content (AvgIpc) is 3.43. The van der Waals surface area contributed by atoms with Gasteiger partial charge in [0.2, 0.25) is 5.91 Å². The lowest BCUT2D eigenvalue weighted by atomic mass is 9.67. The highest BCUT2D eigenvalue weighted by Crippen LogP contribution is 2.55. The fourth-order valence-corrected chi connectivity index (χ4v) is 6.90. The van der Waals surface area contributed by atoms with E-state index in [2.05, 4.69) is 24.0 Å². The monoisotopic (exact) mass is 540 g/mol. The van der Waals surface area contributed by atoms with Crippen LogP contribution in [0.25, 0.3) is 0 Å². The molecule has 7 nitrogen and oxygen atoms in total. The smallest absolute Gasteiger partial charge is 0.337 e. The lowest BCUT2D eigenvalue weighted by Gasteiger charge is -2.45. The number of para-hydroxylation sites is 1. The third-order valence-corrected chi connectivity index (χ3v) is 8.71. The molecule has 0 aliphatic carbocycles. The maximum atomic E-state index is 14.5. The van der Waals surface area contributed by atoms with Gasteiger partial charge in [-0.2, -0.15) is 0 Å². The molecule has 5 rings (SSSR count). The van der Waals surface area contributed by atoms with E-state index in [9.17, 15) is 9.59 Å². The highest BCUT2D eigenvalue weighted by atomic mass is 35.5. The Bertz CT molecular complexity index is 1200. The number of rotatable bonds is 7. The first-order chi connectivity index (χ1) is 18.0. The van der Waals surface area contributed by atoms with Crippen molar-refractivity contribution in [1.82, 2.24) is 4.90 Å². The summed E-state index contributed by atoms with van der Waals surface area (Å²) < 4.78 is 15.8. The SMILES string of the molecule is CC[C@H]1CN2CC[C@]3(C(=O)N(Cc4ccc(OC)cc4)c4ccccc43)[C@@H]2C[C@@H]1/C(=C\OC)C(=O)OC.Cl. The number of halogens is 1. The van der Waals surface area contributed by atoms with Gasteiger partial charge in [-0.3, -0.25) is 9.69 Å². The van der Waals surface area contributed by atoms with Crippen LogP contribution >= 0.6 is 12.4 Å². The van der Waals surface area contributed by atoms with Gasteiger partial charge in [0.1, 0.15) is 5.75 Å².